The predicted octanol–water partition coefficient (Wildman–Crippen LogP) is 1.80. The number of carbonyl (C=O) groups is 1. The number of rotatable bonds is 0. The van der Waals surface area contributed by atoms with E-state index in [9.17, 15) is 4.79 Å². The summed E-state index contributed by atoms with van der Waals surface area (Å²) in [5.41, 5.74) is 1.22. The van der Waals surface area contributed by atoms with Crippen LogP contribution in [0.1, 0.15) is 18.5 Å². The van der Waals surface area contributed by atoms with Crippen LogP contribution in [0.25, 0.3) is 0 Å². The number of nitrogens with one attached hydrogen (secondary N) is 1. The van der Waals surface area contributed by atoms with Crippen molar-refractivity contribution >= 4 is 29.0 Å². The molecule has 1 N–H and O–H groups in total. The minimum absolute atomic E-state index is 0.00694. The van der Waals surface area contributed by atoms with Gasteiger partial charge >= 0.3 is 0 Å². The Labute approximate surface area is 96.2 Å². The molecule has 1 fully saturated rings. The van der Waals surface area contributed by atoms with Crippen LogP contribution in [0, 0.1) is 0 Å². The van der Waals surface area contributed by atoms with Crippen molar-refractivity contribution < 1.29 is 9.53 Å². The molecule has 1 amide bonds. The molecule has 3 rings (SSSR count). The van der Waals surface area contributed by atoms with Crippen LogP contribution < -0.4 is 5.32 Å². The van der Waals surface area contributed by atoms with Crippen molar-refractivity contribution in [1.82, 2.24) is 5.32 Å². The number of ether oxygens (including phenoxy) is 1. The number of thioether (sulfide) groups is 1. The van der Waals surface area contributed by atoms with Gasteiger partial charge in [-0.25, -0.2) is 0 Å². The summed E-state index contributed by atoms with van der Waals surface area (Å²) in [6, 6.07) is 2.15. The zero-order valence-electron chi connectivity index (χ0n) is 8.23. The van der Waals surface area contributed by atoms with Crippen LogP contribution in [0.2, 0.25) is 0 Å². The fourth-order valence-corrected chi connectivity index (χ4v) is 4.65. The molecule has 3 heterocycles. The first-order chi connectivity index (χ1) is 7.25. The van der Waals surface area contributed by atoms with E-state index in [1.165, 1.54) is 9.77 Å². The normalized spacial score (nSPS) is 34.2. The van der Waals surface area contributed by atoms with Gasteiger partial charge in [0, 0.05) is 10.8 Å². The van der Waals surface area contributed by atoms with Gasteiger partial charge in [-0.15, -0.1) is 23.1 Å². The molecular formula is C10H11NO2S2. The highest BCUT2D eigenvalue weighted by Crippen LogP contribution is 2.45. The first kappa shape index (κ1) is 9.69. The quantitative estimate of drug-likeness (QED) is 0.752. The molecule has 0 aromatic carbocycles. The summed E-state index contributed by atoms with van der Waals surface area (Å²) in [5.74, 6) is -0.00694. The van der Waals surface area contributed by atoms with Gasteiger partial charge in [0.05, 0.1) is 16.4 Å². The number of hydrogen-bond donors (Lipinski definition) is 1. The number of fused-ring (bicyclic) bond motifs is 3. The molecule has 80 valence electrons. The largest absolute Gasteiger partial charge is 0.365 e. The third-order valence-electron chi connectivity index (χ3n) is 2.80. The Hall–Kier alpha value is -0.520. The summed E-state index contributed by atoms with van der Waals surface area (Å²) in [6.45, 7) is 2.36. The molecule has 0 aliphatic carbocycles. The van der Waals surface area contributed by atoms with E-state index in [0.29, 0.717) is 5.25 Å². The molecule has 5 heteroatoms. The minimum Gasteiger partial charge on any atom is -0.365 e. The summed E-state index contributed by atoms with van der Waals surface area (Å²) in [7, 11) is 0. The second-order valence-electron chi connectivity index (χ2n) is 3.81. The molecule has 2 unspecified atom stereocenters. The second-order valence-corrected chi connectivity index (χ2v) is 6.37. The summed E-state index contributed by atoms with van der Waals surface area (Å²) < 4.78 is 6.92. The molecule has 0 radical (unpaired) electrons. The topological polar surface area (TPSA) is 38.3 Å². The third kappa shape index (κ3) is 1.49. The zero-order valence-corrected chi connectivity index (χ0v) is 9.86. The zero-order chi connectivity index (χ0) is 10.4. The average molecular weight is 241 g/mol. The lowest BCUT2D eigenvalue weighted by Gasteiger charge is -2.39. The SMILES string of the molecule is C[C@@H]1Sc2sccc2C2NC(=O)COC21. The van der Waals surface area contributed by atoms with Crippen molar-refractivity contribution in [2.24, 2.45) is 0 Å². The molecule has 1 aromatic heterocycles. The molecule has 0 bridgehead atoms. The molecule has 0 spiro atoms. The second kappa shape index (κ2) is 3.50. The predicted molar refractivity (Wildman–Crippen MR) is 60.3 cm³/mol. The van der Waals surface area contributed by atoms with E-state index >= 15 is 0 Å². The van der Waals surface area contributed by atoms with Crippen LogP contribution in [0.15, 0.2) is 15.7 Å². The van der Waals surface area contributed by atoms with Crippen LogP contribution in [-0.4, -0.2) is 23.9 Å². The van der Waals surface area contributed by atoms with Gasteiger partial charge in [0.25, 0.3) is 0 Å². The highest BCUT2D eigenvalue weighted by Gasteiger charge is 2.40. The smallest absolute Gasteiger partial charge is 0.246 e. The summed E-state index contributed by atoms with van der Waals surface area (Å²) in [6.07, 6.45) is 0.120. The Kier molecular flexibility index (Phi) is 2.26. The van der Waals surface area contributed by atoms with Crippen LogP contribution in [-0.2, 0) is 9.53 Å². The third-order valence-corrected chi connectivity index (χ3v) is 5.19. The fraction of sp³-hybridized carbons (Fsp3) is 0.500. The number of morpholine rings is 1. The van der Waals surface area contributed by atoms with Crippen molar-refractivity contribution in [3.05, 3.63) is 17.0 Å². The molecule has 1 saturated heterocycles. The Bertz CT molecular complexity index is 404. The standard InChI is InChI=1S/C10H11NO2S2/c1-5-9-8(11-7(12)4-13-9)6-2-3-14-10(6)15-5/h2-3,5,8-9H,4H2,1H3,(H,11,12)/t5-,8?,9?/m0/s1. The lowest BCUT2D eigenvalue weighted by Crippen LogP contribution is -2.50. The maximum Gasteiger partial charge on any atom is 0.246 e. The maximum atomic E-state index is 11.3. The average Bonchev–Trinajstić information content (AvgIpc) is 2.65. The van der Waals surface area contributed by atoms with Gasteiger partial charge in [-0.05, 0) is 11.4 Å². The van der Waals surface area contributed by atoms with Crippen LogP contribution in [0.3, 0.4) is 0 Å². The van der Waals surface area contributed by atoms with Crippen molar-refractivity contribution in [2.75, 3.05) is 6.61 Å². The molecule has 2 aliphatic heterocycles. The Morgan fingerprint density at radius 1 is 1.60 bits per heavy atom. The monoisotopic (exact) mass is 241 g/mol. The highest BCUT2D eigenvalue weighted by molar-refractivity contribution is 8.01. The van der Waals surface area contributed by atoms with Crippen molar-refractivity contribution in [3.8, 4) is 0 Å². The number of amides is 1. The van der Waals surface area contributed by atoms with E-state index in [0.717, 1.165) is 0 Å². The Balaban J connectivity index is 2.00. The van der Waals surface area contributed by atoms with Crippen LogP contribution in [0.5, 0.6) is 0 Å². The Morgan fingerprint density at radius 2 is 2.47 bits per heavy atom. The molecule has 1 aromatic rings. The highest BCUT2D eigenvalue weighted by atomic mass is 32.2. The molecule has 2 aliphatic rings. The van der Waals surface area contributed by atoms with Gasteiger partial charge in [0.2, 0.25) is 5.91 Å². The molecular weight excluding hydrogens is 230 g/mol. The lowest BCUT2D eigenvalue weighted by atomic mass is 10.00. The van der Waals surface area contributed by atoms with Gasteiger partial charge in [-0.2, -0.15) is 0 Å². The van der Waals surface area contributed by atoms with Crippen molar-refractivity contribution in [3.63, 3.8) is 0 Å². The summed E-state index contributed by atoms with van der Waals surface area (Å²) in [5, 5.41) is 5.50. The van der Waals surface area contributed by atoms with E-state index in [4.69, 9.17) is 4.74 Å². The van der Waals surface area contributed by atoms with E-state index in [1.54, 1.807) is 11.3 Å². The number of thiophene rings is 1. The lowest BCUT2D eigenvalue weighted by molar-refractivity contribution is -0.137. The van der Waals surface area contributed by atoms with Gasteiger partial charge in [-0.1, -0.05) is 6.92 Å². The van der Waals surface area contributed by atoms with Gasteiger partial charge in [0.15, 0.2) is 0 Å². The summed E-state index contributed by atoms with van der Waals surface area (Å²) in [4.78, 5) is 11.3. The van der Waals surface area contributed by atoms with Gasteiger partial charge < -0.3 is 10.1 Å². The number of hydrogen-bond acceptors (Lipinski definition) is 4. The van der Waals surface area contributed by atoms with Crippen molar-refractivity contribution in [2.45, 2.75) is 28.5 Å². The van der Waals surface area contributed by atoms with E-state index < -0.39 is 0 Å². The van der Waals surface area contributed by atoms with Gasteiger partial charge in [-0.3, -0.25) is 4.79 Å². The van der Waals surface area contributed by atoms with Crippen LogP contribution in [0.4, 0.5) is 0 Å². The first-order valence-electron chi connectivity index (χ1n) is 4.91. The first-order valence-corrected chi connectivity index (χ1v) is 6.66. The maximum absolute atomic E-state index is 11.3. The molecule has 15 heavy (non-hydrogen) atoms. The van der Waals surface area contributed by atoms with Crippen molar-refractivity contribution in [1.29, 1.82) is 0 Å². The fourth-order valence-electron chi connectivity index (χ4n) is 2.09. The molecule has 3 atom stereocenters. The van der Waals surface area contributed by atoms with Crippen LogP contribution >= 0.6 is 23.1 Å². The van der Waals surface area contributed by atoms with E-state index in [2.05, 4.69) is 23.7 Å². The molecule has 0 saturated carbocycles. The summed E-state index contributed by atoms with van der Waals surface area (Å²) >= 11 is 3.59. The van der Waals surface area contributed by atoms with E-state index in [-0.39, 0.29) is 24.7 Å². The van der Waals surface area contributed by atoms with Gasteiger partial charge in [0.1, 0.15) is 6.61 Å². The minimum atomic E-state index is -0.00694. The Morgan fingerprint density at radius 3 is 3.33 bits per heavy atom. The molecule has 3 nitrogen and oxygen atoms in total. The van der Waals surface area contributed by atoms with E-state index in [1.807, 2.05) is 11.8 Å². The number of carbonyl (C=O) groups excluding carboxylic acids is 1.